The smallest absolute Gasteiger partial charge is 0.197 e. The van der Waals surface area contributed by atoms with Crippen molar-refractivity contribution in [1.29, 1.82) is 0 Å². The SMILES string of the molecule is Cc1ccccc1-c1c(C2CC2)c(-c2cccc3c2[nH]c2cc4ccccc4cc23)c2c3c1ccccc1c(C)n3c3c(cccc13)[B]2. The summed E-state index contributed by atoms with van der Waals surface area (Å²) in [5.41, 5.74) is 17.2. The van der Waals surface area contributed by atoms with Gasteiger partial charge in [-0.1, -0.05) is 115 Å². The maximum Gasteiger partial charge on any atom is 0.197 e. The van der Waals surface area contributed by atoms with Gasteiger partial charge in [-0.05, 0) is 88.8 Å². The average molecular weight is 612 g/mol. The third kappa shape index (κ3) is 3.49. The summed E-state index contributed by atoms with van der Waals surface area (Å²) in [6.07, 6.45) is 2.44. The molecule has 1 radical (unpaired) electrons. The minimum atomic E-state index is 0.516. The first-order valence-electron chi connectivity index (χ1n) is 17.2. The fourth-order valence-corrected chi connectivity index (χ4v) is 8.95. The molecule has 1 aliphatic carbocycles. The number of nitrogens with one attached hydrogen (secondary N) is 1. The van der Waals surface area contributed by atoms with E-state index in [9.17, 15) is 0 Å². The van der Waals surface area contributed by atoms with Crippen molar-refractivity contribution >= 4 is 78.0 Å². The molecular formula is C45H32BN2. The van der Waals surface area contributed by atoms with E-state index in [2.05, 4.69) is 152 Å². The van der Waals surface area contributed by atoms with Gasteiger partial charge in [-0.15, -0.1) is 0 Å². The van der Waals surface area contributed by atoms with Crippen LogP contribution in [-0.2, 0) is 0 Å². The number of nitrogens with zero attached hydrogens (tertiary/aromatic N) is 1. The molecule has 2 nitrogen and oxygen atoms in total. The number of aryl methyl sites for hydroxylation is 2. The standard InChI is InChI=1S/C45H32BN2/c1-25-11-3-6-14-30(25)40-35-16-8-7-15-31-26(2)48-44-33(31)18-10-20-37(44)46-42(45(35)48)41(39(40)27-21-22-27)34-19-9-17-32-36-23-28-12-4-5-13-29(28)24-38(36)47-43(32)34/h3-20,23-24,27,47H,21-22H2,1-2H3. The van der Waals surface area contributed by atoms with Gasteiger partial charge in [0.15, 0.2) is 7.28 Å². The Bertz CT molecular complexity index is 2900. The van der Waals surface area contributed by atoms with E-state index in [0.29, 0.717) is 5.92 Å². The molecule has 0 spiro atoms. The van der Waals surface area contributed by atoms with Gasteiger partial charge in [-0.3, -0.25) is 0 Å². The van der Waals surface area contributed by atoms with Gasteiger partial charge >= 0.3 is 0 Å². The van der Waals surface area contributed by atoms with Gasteiger partial charge in [-0.25, -0.2) is 0 Å². The Morgan fingerprint density at radius 2 is 1.29 bits per heavy atom. The lowest BCUT2D eigenvalue weighted by Crippen LogP contribution is -2.35. The van der Waals surface area contributed by atoms with Crippen LogP contribution in [0.2, 0.25) is 0 Å². The number of H-pyrrole nitrogens is 1. The van der Waals surface area contributed by atoms with Gasteiger partial charge < -0.3 is 9.38 Å². The van der Waals surface area contributed by atoms with Gasteiger partial charge in [0.05, 0.1) is 5.52 Å². The molecule has 4 heterocycles. The van der Waals surface area contributed by atoms with Crippen molar-refractivity contribution in [3.63, 3.8) is 0 Å². The first kappa shape index (κ1) is 26.5. The molecule has 11 rings (SSSR count). The molecule has 0 unspecified atom stereocenters. The van der Waals surface area contributed by atoms with Crippen molar-refractivity contribution in [1.82, 2.24) is 9.38 Å². The predicted molar refractivity (Wildman–Crippen MR) is 205 cm³/mol. The number of benzene rings is 6. The zero-order chi connectivity index (χ0) is 31.7. The van der Waals surface area contributed by atoms with Crippen molar-refractivity contribution in [2.24, 2.45) is 0 Å². The summed E-state index contributed by atoms with van der Waals surface area (Å²) >= 11 is 0. The number of aromatic nitrogens is 2. The van der Waals surface area contributed by atoms with Crippen LogP contribution in [0, 0.1) is 13.8 Å². The molecule has 48 heavy (non-hydrogen) atoms. The van der Waals surface area contributed by atoms with Gasteiger partial charge in [0, 0.05) is 54.7 Å². The van der Waals surface area contributed by atoms with Crippen molar-refractivity contribution in [2.75, 3.05) is 0 Å². The first-order chi connectivity index (χ1) is 23.7. The third-order valence-electron chi connectivity index (χ3n) is 11.2. The summed E-state index contributed by atoms with van der Waals surface area (Å²) in [7, 11) is 2.50. The predicted octanol–water partition coefficient (Wildman–Crippen LogP) is 10.4. The number of hydrogen-bond acceptors (Lipinski definition) is 0. The summed E-state index contributed by atoms with van der Waals surface area (Å²) in [5, 5.41) is 9.05. The highest BCUT2D eigenvalue weighted by Crippen LogP contribution is 2.52. The number of fused-ring (bicyclic) bond motifs is 6. The largest absolute Gasteiger partial charge is 0.354 e. The second-order valence-corrected chi connectivity index (χ2v) is 14.0. The van der Waals surface area contributed by atoms with Gasteiger partial charge in [0.1, 0.15) is 0 Å². The summed E-state index contributed by atoms with van der Waals surface area (Å²) in [6, 6.07) is 45.4. The molecule has 9 aromatic rings. The molecule has 3 heteroatoms. The highest BCUT2D eigenvalue weighted by atomic mass is 14.9. The molecule has 2 bridgehead atoms. The number of para-hydroxylation sites is 2. The van der Waals surface area contributed by atoms with Crippen LogP contribution >= 0.6 is 0 Å². The maximum atomic E-state index is 3.96. The highest BCUT2D eigenvalue weighted by molar-refractivity contribution is 6.74. The molecule has 0 saturated heterocycles. The van der Waals surface area contributed by atoms with Gasteiger partial charge in [-0.2, -0.15) is 0 Å². The van der Waals surface area contributed by atoms with Crippen LogP contribution in [0.1, 0.15) is 35.6 Å². The molecule has 0 atom stereocenters. The van der Waals surface area contributed by atoms with E-state index in [4.69, 9.17) is 0 Å². The molecule has 1 saturated carbocycles. The van der Waals surface area contributed by atoms with Crippen LogP contribution < -0.4 is 10.9 Å². The zero-order valence-corrected chi connectivity index (χ0v) is 27.1. The van der Waals surface area contributed by atoms with E-state index in [1.54, 1.807) is 0 Å². The molecule has 1 fully saturated rings. The van der Waals surface area contributed by atoms with Crippen LogP contribution in [0.3, 0.4) is 0 Å². The third-order valence-corrected chi connectivity index (χ3v) is 11.2. The maximum absolute atomic E-state index is 3.96. The fourth-order valence-electron chi connectivity index (χ4n) is 8.95. The summed E-state index contributed by atoms with van der Waals surface area (Å²) in [5.74, 6) is 0.516. The van der Waals surface area contributed by atoms with E-state index in [1.807, 2.05) is 0 Å². The topological polar surface area (TPSA) is 20.2 Å². The number of hydrogen-bond donors (Lipinski definition) is 1. The molecule has 225 valence electrons. The lowest BCUT2D eigenvalue weighted by Gasteiger charge is -2.27. The van der Waals surface area contributed by atoms with E-state index in [0.717, 1.165) is 0 Å². The Morgan fingerprint density at radius 1 is 0.604 bits per heavy atom. The number of aromatic amines is 1. The molecule has 3 aromatic heterocycles. The lowest BCUT2D eigenvalue weighted by atomic mass is 9.58. The van der Waals surface area contributed by atoms with Crippen LogP contribution in [0.5, 0.6) is 0 Å². The van der Waals surface area contributed by atoms with Gasteiger partial charge in [0.2, 0.25) is 0 Å². The normalized spacial score (nSPS) is 14.0. The Labute approximate surface area is 279 Å². The van der Waals surface area contributed by atoms with Crippen LogP contribution in [-0.4, -0.2) is 16.7 Å². The fraction of sp³-hybridized carbons (Fsp3) is 0.111. The zero-order valence-electron chi connectivity index (χ0n) is 27.1. The van der Waals surface area contributed by atoms with Gasteiger partial charge in [0.25, 0.3) is 0 Å². The second kappa shape index (κ2) is 9.52. The average Bonchev–Trinajstić information content (AvgIpc) is 3.82. The number of rotatable bonds is 3. The molecule has 0 amide bonds. The molecule has 1 aliphatic heterocycles. The quantitative estimate of drug-likeness (QED) is 0.192. The van der Waals surface area contributed by atoms with E-state index in [1.165, 1.54) is 123 Å². The minimum absolute atomic E-state index is 0.516. The Hall–Kier alpha value is -5.54. The van der Waals surface area contributed by atoms with Crippen molar-refractivity contribution in [3.05, 3.63) is 138 Å². The van der Waals surface area contributed by atoms with E-state index >= 15 is 0 Å². The van der Waals surface area contributed by atoms with Crippen LogP contribution in [0.15, 0.2) is 121 Å². The lowest BCUT2D eigenvalue weighted by molar-refractivity contribution is 1.14. The Kier molecular flexibility index (Phi) is 5.26. The van der Waals surface area contributed by atoms with Crippen molar-refractivity contribution in [2.45, 2.75) is 32.6 Å². The second-order valence-electron chi connectivity index (χ2n) is 14.0. The Morgan fingerprint density at radius 3 is 2.12 bits per heavy atom. The molecule has 2 aliphatic rings. The van der Waals surface area contributed by atoms with E-state index < -0.39 is 0 Å². The highest BCUT2D eigenvalue weighted by Gasteiger charge is 2.35. The monoisotopic (exact) mass is 611 g/mol. The summed E-state index contributed by atoms with van der Waals surface area (Å²) < 4.78 is 2.59. The van der Waals surface area contributed by atoms with Crippen LogP contribution in [0.4, 0.5) is 0 Å². The minimum Gasteiger partial charge on any atom is -0.354 e. The van der Waals surface area contributed by atoms with E-state index in [-0.39, 0.29) is 0 Å². The molecular weight excluding hydrogens is 579 g/mol. The first-order valence-corrected chi connectivity index (χ1v) is 17.2. The van der Waals surface area contributed by atoms with Crippen molar-refractivity contribution in [3.8, 4) is 22.3 Å². The molecule has 1 N–H and O–H groups in total. The molecule has 6 aromatic carbocycles. The summed E-state index contributed by atoms with van der Waals surface area (Å²) in [6.45, 7) is 4.58. The van der Waals surface area contributed by atoms with Crippen molar-refractivity contribution < 1.29 is 0 Å². The Balaban J connectivity index is 1.40. The van der Waals surface area contributed by atoms with Crippen LogP contribution in [0.25, 0.3) is 82.0 Å². The summed E-state index contributed by atoms with van der Waals surface area (Å²) in [4.78, 5) is 3.96.